The molecule has 0 aliphatic carbocycles. The van der Waals surface area contributed by atoms with Crippen LogP contribution >= 0.6 is 27.5 Å². The van der Waals surface area contributed by atoms with Gasteiger partial charge in [-0.05, 0) is 29.7 Å². The highest BCUT2D eigenvalue weighted by Crippen LogP contribution is 2.17. The Kier molecular flexibility index (Phi) is 5.05. The minimum atomic E-state index is -0.223. The normalized spacial score (nSPS) is 12.1. The summed E-state index contributed by atoms with van der Waals surface area (Å²) >= 11 is 9.19. The fourth-order valence-corrected chi connectivity index (χ4v) is 2.35. The van der Waals surface area contributed by atoms with E-state index in [2.05, 4.69) is 21.2 Å². The molecule has 2 rings (SSSR count). The quantitative estimate of drug-likeness (QED) is 0.842. The lowest BCUT2D eigenvalue weighted by Gasteiger charge is -2.15. The van der Waals surface area contributed by atoms with Crippen LogP contribution in [0.1, 0.15) is 15.9 Å². The van der Waals surface area contributed by atoms with E-state index in [1.807, 2.05) is 30.3 Å². The van der Waals surface area contributed by atoms with Crippen LogP contribution in [0, 0.1) is 0 Å². The monoisotopic (exact) mass is 341 g/mol. The van der Waals surface area contributed by atoms with E-state index in [1.54, 1.807) is 6.07 Å². The van der Waals surface area contributed by atoms with Crippen LogP contribution in [0.2, 0.25) is 5.22 Å². The van der Waals surface area contributed by atoms with Crippen LogP contribution in [0.15, 0.2) is 47.1 Å². The van der Waals surface area contributed by atoms with Crippen molar-refractivity contribution in [2.45, 2.75) is 12.5 Å². The van der Waals surface area contributed by atoms with E-state index >= 15 is 0 Å². The Bertz CT molecular complexity index is 541. The van der Waals surface area contributed by atoms with Crippen molar-refractivity contribution in [2.75, 3.05) is 5.33 Å². The largest absolute Gasteiger partial charge is 0.452 e. The van der Waals surface area contributed by atoms with E-state index in [0.717, 1.165) is 6.42 Å². The summed E-state index contributed by atoms with van der Waals surface area (Å²) < 4.78 is 4.91. The molecule has 19 heavy (non-hydrogen) atoms. The third-order valence-electron chi connectivity index (χ3n) is 2.71. The predicted molar refractivity (Wildman–Crippen MR) is 78.9 cm³/mol. The van der Waals surface area contributed by atoms with E-state index in [0.29, 0.717) is 10.9 Å². The molecule has 0 spiro atoms. The molecule has 1 aromatic carbocycles. The van der Waals surface area contributed by atoms with E-state index < -0.39 is 0 Å². The van der Waals surface area contributed by atoms with Crippen LogP contribution in [0.3, 0.4) is 0 Å². The van der Waals surface area contributed by atoms with Gasteiger partial charge in [-0.2, -0.15) is 0 Å². The Labute approximate surface area is 125 Å². The summed E-state index contributed by atoms with van der Waals surface area (Å²) in [5.74, 6) is -0.223. The molecule has 0 saturated carbocycles. The molecule has 1 atom stereocenters. The van der Waals surface area contributed by atoms with Crippen LogP contribution < -0.4 is 5.32 Å². The molecule has 0 radical (unpaired) electrons. The second-order valence-corrected chi connectivity index (χ2v) is 5.11. The van der Waals surface area contributed by atoms with Gasteiger partial charge in [-0.15, -0.1) is 0 Å². The minimum absolute atomic E-state index is 0.000802. The van der Waals surface area contributed by atoms with E-state index in [1.165, 1.54) is 11.8 Å². The summed E-state index contributed by atoms with van der Waals surface area (Å²) in [5.41, 5.74) is 1.53. The van der Waals surface area contributed by atoms with Gasteiger partial charge in [0, 0.05) is 11.4 Å². The van der Waals surface area contributed by atoms with Gasteiger partial charge in [-0.3, -0.25) is 4.79 Å². The molecule has 0 bridgehead atoms. The van der Waals surface area contributed by atoms with Gasteiger partial charge in [0.05, 0.1) is 11.8 Å². The molecule has 0 saturated heterocycles. The molecule has 1 aromatic heterocycles. The fraction of sp³-hybridized carbons (Fsp3) is 0.214. The number of rotatable bonds is 5. The summed E-state index contributed by atoms with van der Waals surface area (Å²) in [5, 5.41) is 3.71. The Morgan fingerprint density at radius 1 is 1.32 bits per heavy atom. The van der Waals surface area contributed by atoms with Gasteiger partial charge in [0.25, 0.3) is 5.91 Å². The molecular weight excluding hydrogens is 330 g/mol. The van der Waals surface area contributed by atoms with Crippen LogP contribution in [-0.2, 0) is 6.42 Å². The molecule has 1 N–H and O–H groups in total. The summed E-state index contributed by atoms with van der Waals surface area (Å²) in [4.78, 5) is 12.0. The molecular formula is C14H13BrClNO2. The van der Waals surface area contributed by atoms with Crippen molar-refractivity contribution in [3.8, 4) is 0 Å². The molecule has 1 unspecified atom stereocenters. The zero-order valence-corrected chi connectivity index (χ0v) is 12.4. The summed E-state index contributed by atoms with van der Waals surface area (Å²) in [6.45, 7) is 0. The molecule has 0 aliphatic rings. The van der Waals surface area contributed by atoms with Gasteiger partial charge in [0.2, 0.25) is 5.22 Å². The van der Waals surface area contributed by atoms with Crippen LogP contribution in [0.5, 0.6) is 0 Å². The smallest absolute Gasteiger partial charge is 0.256 e. The second kappa shape index (κ2) is 6.78. The number of furan rings is 1. The fourth-order valence-electron chi connectivity index (χ4n) is 1.76. The minimum Gasteiger partial charge on any atom is -0.452 e. The first-order valence-electron chi connectivity index (χ1n) is 5.84. The lowest BCUT2D eigenvalue weighted by molar-refractivity contribution is 0.0940. The maximum Gasteiger partial charge on any atom is 0.256 e. The first-order valence-corrected chi connectivity index (χ1v) is 7.34. The Balaban J connectivity index is 2.00. The lowest BCUT2D eigenvalue weighted by atomic mass is 10.1. The SMILES string of the molecule is O=C(NC(CBr)Cc1ccccc1)c1ccoc1Cl. The topological polar surface area (TPSA) is 42.2 Å². The zero-order chi connectivity index (χ0) is 13.7. The molecule has 0 aliphatic heterocycles. The number of nitrogens with one attached hydrogen (secondary N) is 1. The highest BCUT2D eigenvalue weighted by atomic mass is 79.9. The van der Waals surface area contributed by atoms with Gasteiger partial charge in [-0.25, -0.2) is 0 Å². The molecule has 2 aromatic rings. The second-order valence-electron chi connectivity index (χ2n) is 4.12. The van der Waals surface area contributed by atoms with Gasteiger partial charge < -0.3 is 9.73 Å². The summed E-state index contributed by atoms with van der Waals surface area (Å²) in [6, 6.07) is 11.6. The Hall–Kier alpha value is -1.26. The number of hydrogen-bond acceptors (Lipinski definition) is 2. The van der Waals surface area contributed by atoms with Crippen LogP contribution in [0.25, 0.3) is 0 Å². The van der Waals surface area contributed by atoms with Crippen molar-refractivity contribution in [2.24, 2.45) is 0 Å². The molecule has 5 heteroatoms. The third kappa shape index (κ3) is 3.85. The highest BCUT2D eigenvalue weighted by molar-refractivity contribution is 9.09. The average molecular weight is 343 g/mol. The number of amides is 1. The van der Waals surface area contributed by atoms with Gasteiger partial charge in [-0.1, -0.05) is 46.3 Å². The maximum absolute atomic E-state index is 12.0. The van der Waals surface area contributed by atoms with E-state index in [4.69, 9.17) is 16.0 Å². The molecule has 1 heterocycles. The van der Waals surface area contributed by atoms with Gasteiger partial charge in [0.15, 0.2) is 0 Å². The molecule has 100 valence electrons. The summed E-state index contributed by atoms with van der Waals surface area (Å²) in [6.07, 6.45) is 2.16. The van der Waals surface area contributed by atoms with E-state index in [-0.39, 0.29) is 17.2 Å². The van der Waals surface area contributed by atoms with Crippen LogP contribution in [-0.4, -0.2) is 17.3 Å². The van der Waals surface area contributed by atoms with E-state index in [9.17, 15) is 4.79 Å². The molecule has 1 amide bonds. The van der Waals surface area contributed by atoms with Crippen molar-refractivity contribution < 1.29 is 9.21 Å². The maximum atomic E-state index is 12.0. The average Bonchev–Trinajstić information content (AvgIpc) is 2.85. The first kappa shape index (κ1) is 14.2. The number of carbonyl (C=O) groups excluding carboxylic acids is 1. The lowest BCUT2D eigenvalue weighted by Crippen LogP contribution is -2.37. The Morgan fingerprint density at radius 3 is 2.63 bits per heavy atom. The van der Waals surface area contributed by atoms with Crippen molar-refractivity contribution >= 4 is 33.4 Å². The number of benzene rings is 1. The number of halogens is 2. The van der Waals surface area contributed by atoms with Crippen molar-refractivity contribution in [1.82, 2.24) is 5.32 Å². The number of carbonyl (C=O) groups is 1. The van der Waals surface area contributed by atoms with Gasteiger partial charge >= 0.3 is 0 Å². The van der Waals surface area contributed by atoms with Crippen molar-refractivity contribution in [3.63, 3.8) is 0 Å². The highest BCUT2D eigenvalue weighted by Gasteiger charge is 2.17. The first-order chi connectivity index (χ1) is 9.20. The molecule has 3 nitrogen and oxygen atoms in total. The molecule has 0 fully saturated rings. The van der Waals surface area contributed by atoms with Crippen molar-refractivity contribution in [3.05, 3.63) is 59.0 Å². The van der Waals surface area contributed by atoms with Crippen molar-refractivity contribution in [1.29, 1.82) is 0 Å². The summed E-state index contributed by atoms with van der Waals surface area (Å²) in [7, 11) is 0. The van der Waals surface area contributed by atoms with Gasteiger partial charge in [0.1, 0.15) is 0 Å². The Morgan fingerprint density at radius 2 is 2.05 bits per heavy atom. The van der Waals surface area contributed by atoms with Crippen LogP contribution in [0.4, 0.5) is 0 Å². The third-order valence-corrected chi connectivity index (χ3v) is 3.78. The predicted octanol–water partition coefficient (Wildman–Crippen LogP) is 3.67. The zero-order valence-electron chi connectivity index (χ0n) is 10.1. The number of alkyl halides is 1. The number of hydrogen-bond donors (Lipinski definition) is 1. The standard InChI is InChI=1S/C14H13BrClNO2/c15-9-11(8-10-4-2-1-3-5-10)17-14(18)12-6-7-19-13(12)16/h1-7,11H,8-9H2,(H,17,18).